The van der Waals surface area contributed by atoms with Crippen LogP contribution in [-0.2, 0) is 11.3 Å². The number of amides is 1. The van der Waals surface area contributed by atoms with Crippen LogP contribution in [-0.4, -0.2) is 51.7 Å². The van der Waals surface area contributed by atoms with E-state index in [-0.39, 0.29) is 5.91 Å². The zero-order valence-electron chi connectivity index (χ0n) is 16.6. The van der Waals surface area contributed by atoms with Gasteiger partial charge in [0.05, 0.1) is 18.9 Å². The predicted molar refractivity (Wildman–Crippen MR) is 111 cm³/mol. The van der Waals surface area contributed by atoms with E-state index in [1.165, 1.54) is 11.8 Å². The second-order valence-corrected chi connectivity index (χ2v) is 7.88. The van der Waals surface area contributed by atoms with Gasteiger partial charge in [0.2, 0.25) is 11.1 Å². The van der Waals surface area contributed by atoms with Crippen molar-refractivity contribution in [1.82, 2.24) is 20.2 Å². The van der Waals surface area contributed by atoms with E-state index >= 15 is 0 Å². The lowest BCUT2D eigenvalue weighted by Crippen LogP contribution is -2.23. The summed E-state index contributed by atoms with van der Waals surface area (Å²) < 4.78 is 17.9. The van der Waals surface area contributed by atoms with Gasteiger partial charge in [0.25, 0.3) is 0 Å². The van der Waals surface area contributed by atoms with E-state index in [9.17, 15) is 4.79 Å². The van der Waals surface area contributed by atoms with Gasteiger partial charge >= 0.3 is 0 Å². The number of fused-ring (bicyclic) bond motifs is 1. The first kappa shape index (κ1) is 20.0. The fourth-order valence-electron chi connectivity index (χ4n) is 2.86. The molecule has 3 aromatic rings. The Morgan fingerprint density at radius 1 is 1.20 bits per heavy atom. The van der Waals surface area contributed by atoms with Gasteiger partial charge < -0.3 is 19.5 Å². The van der Waals surface area contributed by atoms with Crippen molar-refractivity contribution in [1.29, 1.82) is 0 Å². The number of thioether (sulfide) groups is 1. The number of carbonyl (C=O) groups is 1. The molecule has 0 aliphatic carbocycles. The normalized spacial score (nSPS) is 13.5. The maximum atomic E-state index is 12.7. The van der Waals surface area contributed by atoms with Crippen molar-refractivity contribution in [2.45, 2.75) is 23.9 Å². The van der Waals surface area contributed by atoms with Crippen molar-refractivity contribution in [3.8, 4) is 17.2 Å². The molecular formula is C20H21N5O4S. The molecule has 2 aromatic carbocycles. The summed E-state index contributed by atoms with van der Waals surface area (Å²) in [7, 11) is 1.63. The van der Waals surface area contributed by atoms with Crippen LogP contribution in [0.4, 0.5) is 5.69 Å². The van der Waals surface area contributed by atoms with Crippen molar-refractivity contribution < 1.29 is 19.0 Å². The summed E-state index contributed by atoms with van der Waals surface area (Å²) in [5.74, 6) is 1.94. The first-order valence-electron chi connectivity index (χ1n) is 9.38. The number of rotatable bonds is 7. The molecule has 0 saturated heterocycles. The first-order valence-corrected chi connectivity index (χ1v) is 10.3. The van der Waals surface area contributed by atoms with E-state index in [1.54, 1.807) is 30.0 Å². The highest BCUT2D eigenvalue weighted by atomic mass is 32.2. The molecule has 0 fully saturated rings. The van der Waals surface area contributed by atoms with Crippen LogP contribution in [0.5, 0.6) is 17.2 Å². The molecule has 1 aliphatic heterocycles. The molecule has 0 spiro atoms. The number of ether oxygens (including phenoxy) is 3. The molecule has 1 aliphatic rings. The number of tetrazole rings is 1. The van der Waals surface area contributed by atoms with E-state index in [0.29, 0.717) is 42.1 Å². The van der Waals surface area contributed by atoms with Crippen molar-refractivity contribution in [3.05, 3.63) is 48.0 Å². The van der Waals surface area contributed by atoms with Crippen LogP contribution in [0.15, 0.2) is 47.6 Å². The third-order valence-electron chi connectivity index (χ3n) is 4.45. The standard InChI is InChI=1S/C20H21N5O4S/c1-13(19(26)21-15-5-8-17-18(11-15)29-10-9-28-17)30-20-22-23-24-25(20)12-14-3-6-16(27-2)7-4-14/h3-8,11,13H,9-10,12H2,1-2H3,(H,21,26)/t13-/m1/s1. The number of carbonyl (C=O) groups excluding carboxylic acids is 1. The maximum Gasteiger partial charge on any atom is 0.237 e. The monoisotopic (exact) mass is 427 g/mol. The average Bonchev–Trinajstić information content (AvgIpc) is 3.20. The molecule has 0 saturated carbocycles. The fraction of sp³-hybridized carbons (Fsp3) is 0.300. The van der Waals surface area contributed by atoms with E-state index in [2.05, 4.69) is 20.8 Å². The van der Waals surface area contributed by atoms with Crippen molar-refractivity contribution in [3.63, 3.8) is 0 Å². The van der Waals surface area contributed by atoms with Crippen molar-refractivity contribution >= 4 is 23.4 Å². The van der Waals surface area contributed by atoms with Crippen LogP contribution in [0.2, 0.25) is 0 Å². The van der Waals surface area contributed by atoms with E-state index in [4.69, 9.17) is 14.2 Å². The molecule has 1 atom stereocenters. The summed E-state index contributed by atoms with van der Waals surface area (Å²) in [5.41, 5.74) is 1.67. The largest absolute Gasteiger partial charge is 0.497 e. The molecule has 156 valence electrons. The number of nitrogens with one attached hydrogen (secondary N) is 1. The number of benzene rings is 2. The zero-order chi connectivity index (χ0) is 20.9. The minimum atomic E-state index is -0.404. The highest BCUT2D eigenvalue weighted by molar-refractivity contribution is 8.00. The Hall–Kier alpha value is -3.27. The Labute approximate surface area is 177 Å². The summed E-state index contributed by atoms with van der Waals surface area (Å²) in [6, 6.07) is 13.0. The van der Waals surface area contributed by atoms with Gasteiger partial charge in [0.15, 0.2) is 11.5 Å². The fourth-order valence-corrected chi connectivity index (χ4v) is 3.65. The highest BCUT2D eigenvalue weighted by Gasteiger charge is 2.20. The van der Waals surface area contributed by atoms with Gasteiger partial charge in [-0.25, -0.2) is 4.68 Å². The number of hydrogen-bond acceptors (Lipinski definition) is 8. The number of anilines is 1. The van der Waals surface area contributed by atoms with Gasteiger partial charge in [-0.2, -0.15) is 0 Å². The molecule has 10 heteroatoms. The molecular weight excluding hydrogens is 406 g/mol. The summed E-state index contributed by atoms with van der Waals surface area (Å²) in [6.07, 6.45) is 0. The molecule has 30 heavy (non-hydrogen) atoms. The van der Waals surface area contributed by atoms with Gasteiger partial charge in [-0.1, -0.05) is 23.9 Å². The van der Waals surface area contributed by atoms with Crippen molar-refractivity contribution in [2.75, 3.05) is 25.6 Å². The van der Waals surface area contributed by atoms with E-state index < -0.39 is 5.25 Å². The van der Waals surface area contributed by atoms with Crippen LogP contribution in [0.25, 0.3) is 0 Å². The van der Waals surface area contributed by atoms with Crippen LogP contribution in [0.3, 0.4) is 0 Å². The molecule has 0 bridgehead atoms. The van der Waals surface area contributed by atoms with Crippen LogP contribution < -0.4 is 19.5 Å². The van der Waals surface area contributed by atoms with Crippen LogP contribution in [0.1, 0.15) is 12.5 Å². The zero-order valence-corrected chi connectivity index (χ0v) is 17.4. The third kappa shape index (κ3) is 4.65. The first-order chi connectivity index (χ1) is 14.6. The topological polar surface area (TPSA) is 100 Å². The number of methoxy groups -OCH3 is 1. The van der Waals surface area contributed by atoms with Crippen LogP contribution in [0, 0.1) is 0 Å². The van der Waals surface area contributed by atoms with Gasteiger partial charge in [-0.15, -0.1) is 5.10 Å². The van der Waals surface area contributed by atoms with Crippen LogP contribution >= 0.6 is 11.8 Å². The van der Waals surface area contributed by atoms with Gasteiger partial charge in [-0.3, -0.25) is 4.79 Å². The van der Waals surface area contributed by atoms with E-state index in [1.807, 2.05) is 31.2 Å². The minimum absolute atomic E-state index is 0.157. The minimum Gasteiger partial charge on any atom is -0.497 e. The third-order valence-corrected chi connectivity index (χ3v) is 5.52. The Kier molecular flexibility index (Phi) is 6.03. The number of hydrogen-bond donors (Lipinski definition) is 1. The second kappa shape index (κ2) is 9.04. The summed E-state index contributed by atoms with van der Waals surface area (Å²) in [6.45, 7) is 3.32. The number of aromatic nitrogens is 4. The Bertz CT molecular complexity index is 1020. The summed E-state index contributed by atoms with van der Waals surface area (Å²) in [4.78, 5) is 12.7. The van der Waals surface area contributed by atoms with Gasteiger partial charge in [-0.05, 0) is 47.2 Å². The average molecular weight is 427 g/mol. The predicted octanol–water partition coefficient (Wildman–Crippen LogP) is 2.62. The Morgan fingerprint density at radius 3 is 2.73 bits per heavy atom. The van der Waals surface area contributed by atoms with Gasteiger partial charge in [0, 0.05) is 11.8 Å². The molecule has 4 rings (SSSR count). The SMILES string of the molecule is COc1ccc(Cn2nnnc2S[C@H](C)C(=O)Nc2ccc3c(c2)OCCO3)cc1. The Morgan fingerprint density at radius 2 is 1.97 bits per heavy atom. The molecule has 0 radical (unpaired) electrons. The number of nitrogens with zero attached hydrogens (tertiary/aromatic N) is 4. The smallest absolute Gasteiger partial charge is 0.237 e. The highest BCUT2D eigenvalue weighted by Crippen LogP contribution is 2.33. The molecule has 1 N–H and O–H groups in total. The Balaban J connectivity index is 1.38. The van der Waals surface area contributed by atoms with Crippen molar-refractivity contribution in [2.24, 2.45) is 0 Å². The lowest BCUT2D eigenvalue weighted by atomic mass is 10.2. The molecule has 1 amide bonds. The molecule has 0 unspecified atom stereocenters. The molecule has 1 aromatic heterocycles. The maximum absolute atomic E-state index is 12.7. The quantitative estimate of drug-likeness (QED) is 0.575. The second-order valence-electron chi connectivity index (χ2n) is 6.57. The molecule has 9 nitrogen and oxygen atoms in total. The lowest BCUT2D eigenvalue weighted by Gasteiger charge is -2.19. The summed E-state index contributed by atoms with van der Waals surface area (Å²) in [5, 5.41) is 14.9. The molecule has 2 heterocycles. The van der Waals surface area contributed by atoms with Gasteiger partial charge in [0.1, 0.15) is 19.0 Å². The summed E-state index contributed by atoms with van der Waals surface area (Å²) >= 11 is 1.29. The lowest BCUT2D eigenvalue weighted by molar-refractivity contribution is -0.115. The van der Waals surface area contributed by atoms with E-state index in [0.717, 1.165) is 11.3 Å².